The van der Waals surface area contributed by atoms with Crippen LogP contribution in [0.4, 0.5) is 0 Å². The van der Waals surface area contributed by atoms with Crippen molar-refractivity contribution >= 4 is 8.07 Å². The quantitative estimate of drug-likeness (QED) is 0.492. The molecule has 0 aromatic carbocycles. The van der Waals surface area contributed by atoms with Crippen LogP contribution in [-0.2, 0) is 0 Å². The number of allylic oxidation sites excluding steroid dienone is 2. The molecule has 0 amide bonds. The van der Waals surface area contributed by atoms with Gasteiger partial charge in [0, 0.05) is 0 Å². The highest BCUT2D eigenvalue weighted by molar-refractivity contribution is 6.80. The Morgan fingerprint density at radius 2 is 1.73 bits per heavy atom. The standard InChI is InChI=1S/C13H27NSi/c1-4-7-12-15(5-2,6-3)13-14-10-8-9-11-14/h4,7H,5-6,8-13H2,1-3H3. The Balaban J connectivity index is 2.53. The molecular weight excluding hydrogens is 198 g/mol. The topological polar surface area (TPSA) is 3.24 Å². The van der Waals surface area contributed by atoms with Gasteiger partial charge in [0.1, 0.15) is 0 Å². The molecule has 1 fully saturated rings. The van der Waals surface area contributed by atoms with E-state index in [0.29, 0.717) is 0 Å². The lowest BCUT2D eigenvalue weighted by Gasteiger charge is -2.33. The zero-order chi connectivity index (χ0) is 11.1. The van der Waals surface area contributed by atoms with E-state index in [1.165, 1.54) is 50.2 Å². The summed E-state index contributed by atoms with van der Waals surface area (Å²) >= 11 is 0. The minimum absolute atomic E-state index is 0.990. The lowest BCUT2D eigenvalue weighted by atomic mass is 10.4. The summed E-state index contributed by atoms with van der Waals surface area (Å²) in [5.41, 5.74) is 0. The average molecular weight is 225 g/mol. The van der Waals surface area contributed by atoms with E-state index in [0.717, 1.165) is 0 Å². The van der Waals surface area contributed by atoms with Crippen molar-refractivity contribution in [3.05, 3.63) is 12.2 Å². The van der Waals surface area contributed by atoms with E-state index in [9.17, 15) is 0 Å². The summed E-state index contributed by atoms with van der Waals surface area (Å²) in [5.74, 6) is 0. The van der Waals surface area contributed by atoms with Crippen molar-refractivity contribution in [1.82, 2.24) is 4.90 Å². The second kappa shape index (κ2) is 6.49. The minimum atomic E-state index is -0.990. The second-order valence-corrected chi connectivity index (χ2v) is 10.1. The van der Waals surface area contributed by atoms with Gasteiger partial charge in [0.05, 0.1) is 8.07 Å². The van der Waals surface area contributed by atoms with Crippen LogP contribution in [0.25, 0.3) is 0 Å². The van der Waals surface area contributed by atoms with Gasteiger partial charge in [-0.15, -0.1) is 0 Å². The normalized spacial score (nSPS) is 19.1. The summed E-state index contributed by atoms with van der Waals surface area (Å²) in [6.07, 6.45) is 8.96. The molecule has 2 heteroatoms. The molecule has 0 radical (unpaired) electrons. The molecule has 1 rings (SSSR count). The third-order valence-corrected chi connectivity index (χ3v) is 9.26. The number of hydrogen-bond donors (Lipinski definition) is 0. The van der Waals surface area contributed by atoms with Crippen LogP contribution in [0.15, 0.2) is 12.2 Å². The maximum absolute atomic E-state index is 2.72. The molecule has 0 aromatic heterocycles. The predicted molar refractivity (Wildman–Crippen MR) is 72.0 cm³/mol. The molecule has 0 N–H and O–H groups in total. The summed E-state index contributed by atoms with van der Waals surface area (Å²) in [5, 5.41) is 0. The molecular formula is C13H27NSi. The average Bonchev–Trinajstić information content (AvgIpc) is 2.77. The summed E-state index contributed by atoms with van der Waals surface area (Å²) < 4.78 is 0. The van der Waals surface area contributed by atoms with Gasteiger partial charge in [0.2, 0.25) is 0 Å². The van der Waals surface area contributed by atoms with Crippen LogP contribution in [0.1, 0.15) is 33.6 Å². The van der Waals surface area contributed by atoms with E-state index in [-0.39, 0.29) is 0 Å². The van der Waals surface area contributed by atoms with E-state index in [1.807, 2.05) is 0 Å². The third kappa shape index (κ3) is 3.76. The maximum atomic E-state index is 2.72. The van der Waals surface area contributed by atoms with Crippen LogP contribution < -0.4 is 0 Å². The van der Waals surface area contributed by atoms with E-state index in [4.69, 9.17) is 0 Å². The van der Waals surface area contributed by atoms with Crippen molar-refractivity contribution in [2.75, 3.05) is 19.3 Å². The van der Waals surface area contributed by atoms with Crippen LogP contribution in [0, 0.1) is 0 Å². The first-order chi connectivity index (χ1) is 7.26. The summed E-state index contributed by atoms with van der Waals surface area (Å²) in [7, 11) is -0.990. The first-order valence-corrected chi connectivity index (χ1v) is 9.42. The van der Waals surface area contributed by atoms with Crippen LogP contribution in [0.2, 0.25) is 18.1 Å². The highest BCUT2D eigenvalue weighted by atomic mass is 28.3. The Hall–Kier alpha value is -0.0831. The summed E-state index contributed by atoms with van der Waals surface area (Å²) in [4.78, 5) is 2.72. The molecule has 0 aromatic rings. The number of nitrogens with zero attached hydrogens (tertiary/aromatic N) is 1. The SMILES string of the molecule is CC=CC[Si](CC)(CC)CN1CCCC1. The summed E-state index contributed by atoms with van der Waals surface area (Å²) in [6.45, 7) is 9.71. The van der Waals surface area contributed by atoms with E-state index >= 15 is 0 Å². The predicted octanol–water partition coefficient (Wildman–Crippen LogP) is 3.69. The summed E-state index contributed by atoms with van der Waals surface area (Å²) in [6, 6.07) is 4.29. The van der Waals surface area contributed by atoms with Gasteiger partial charge < -0.3 is 4.90 Å². The Morgan fingerprint density at radius 1 is 1.13 bits per heavy atom. The van der Waals surface area contributed by atoms with Crippen molar-refractivity contribution in [1.29, 1.82) is 0 Å². The van der Waals surface area contributed by atoms with Gasteiger partial charge in [0.25, 0.3) is 0 Å². The molecule has 1 aliphatic heterocycles. The van der Waals surface area contributed by atoms with Crippen molar-refractivity contribution in [2.24, 2.45) is 0 Å². The van der Waals surface area contributed by atoms with Crippen molar-refractivity contribution in [3.63, 3.8) is 0 Å². The molecule has 0 unspecified atom stereocenters. The molecule has 0 atom stereocenters. The fraction of sp³-hybridized carbons (Fsp3) is 0.846. The monoisotopic (exact) mass is 225 g/mol. The molecule has 1 heterocycles. The zero-order valence-corrected chi connectivity index (χ0v) is 11.8. The number of likely N-dealkylation sites (tertiary alicyclic amines) is 1. The van der Waals surface area contributed by atoms with Crippen LogP contribution in [0.5, 0.6) is 0 Å². The van der Waals surface area contributed by atoms with E-state index in [2.05, 4.69) is 37.8 Å². The van der Waals surface area contributed by atoms with Crippen LogP contribution in [0.3, 0.4) is 0 Å². The van der Waals surface area contributed by atoms with Gasteiger partial charge in [-0.25, -0.2) is 0 Å². The maximum Gasteiger partial charge on any atom is 0.0722 e. The molecule has 88 valence electrons. The van der Waals surface area contributed by atoms with E-state index < -0.39 is 8.07 Å². The largest absolute Gasteiger partial charge is 0.306 e. The molecule has 0 bridgehead atoms. The van der Waals surface area contributed by atoms with Gasteiger partial charge in [-0.3, -0.25) is 0 Å². The van der Waals surface area contributed by atoms with Gasteiger partial charge in [-0.1, -0.05) is 38.1 Å². The Labute approximate surface area is 96.6 Å². The second-order valence-electron chi connectivity index (χ2n) is 4.96. The Kier molecular flexibility index (Phi) is 5.62. The van der Waals surface area contributed by atoms with Crippen molar-refractivity contribution < 1.29 is 0 Å². The van der Waals surface area contributed by atoms with Gasteiger partial charge in [-0.2, -0.15) is 0 Å². The molecule has 0 saturated carbocycles. The molecule has 1 saturated heterocycles. The van der Waals surface area contributed by atoms with E-state index in [1.54, 1.807) is 0 Å². The smallest absolute Gasteiger partial charge is 0.0722 e. The van der Waals surface area contributed by atoms with Gasteiger partial charge >= 0.3 is 0 Å². The van der Waals surface area contributed by atoms with Crippen molar-refractivity contribution in [3.8, 4) is 0 Å². The van der Waals surface area contributed by atoms with Crippen LogP contribution in [-0.4, -0.2) is 32.2 Å². The number of hydrogen-bond acceptors (Lipinski definition) is 1. The lowest BCUT2D eigenvalue weighted by molar-refractivity contribution is 0.387. The highest BCUT2D eigenvalue weighted by Gasteiger charge is 2.30. The lowest BCUT2D eigenvalue weighted by Crippen LogP contribution is -2.45. The molecule has 0 spiro atoms. The number of rotatable bonds is 6. The Bertz CT molecular complexity index is 191. The third-order valence-electron chi connectivity index (χ3n) is 4.04. The minimum Gasteiger partial charge on any atom is -0.306 e. The molecule has 1 nitrogen and oxygen atoms in total. The molecule has 1 aliphatic rings. The first-order valence-electron chi connectivity index (χ1n) is 6.60. The fourth-order valence-corrected chi connectivity index (χ4v) is 6.26. The molecule has 0 aliphatic carbocycles. The van der Waals surface area contributed by atoms with Gasteiger partial charge in [0.15, 0.2) is 0 Å². The first kappa shape index (κ1) is 13.0. The van der Waals surface area contributed by atoms with Crippen LogP contribution >= 0.6 is 0 Å². The zero-order valence-electron chi connectivity index (χ0n) is 10.8. The molecule has 15 heavy (non-hydrogen) atoms. The fourth-order valence-electron chi connectivity index (χ4n) is 2.61. The Morgan fingerprint density at radius 3 is 2.20 bits per heavy atom. The van der Waals surface area contributed by atoms with Gasteiger partial charge in [-0.05, 0) is 45.1 Å². The van der Waals surface area contributed by atoms with Crippen molar-refractivity contribution in [2.45, 2.75) is 51.7 Å². The highest BCUT2D eigenvalue weighted by Crippen LogP contribution is 2.24.